The number of carboxylic acid groups (broad SMARTS) is 1. The van der Waals surface area contributed by atoms with Crippen molar-refractivity contribution in [2.24, 2.45) is 0 Å². The Hall–Kier alpha value is -3.91. The molecule has 0 bridgehead atoms. The lowest BCUT2D eigenvalue weighted by Gasteiger charge is -2.11. The molecule has 0 fully saturated rings. The molecule has 0 aliphatic heterocycles. The van der Waals surface area contributed by atoms with Crippen LogP contribution in [0.15, 0.2) is 53.8 Å². The van der Waals surface area contributed by atoms with Crippen molar-refractivity contribution in [3.63, 3.8) is 0 Å². The molecule has 1 N–H and O–H groups in total. The van der Waals surface area contributed by atoms with Gasteiger partial charge in [-0.25, -0.2) is 27.2 Å². The second-order valence-electron chi connectivity index (χ2n) is 6.54. The third kappa shape index (κ3) is 4.49. The number of hydrogen-bond donors (Lipinski definition) is 1. The summed E-state index contributed by atoms with van der Waals surface area (Å²) in [5, 5.41) is 18.5. The van der Waals surface area contributed by atoms with Crippen molar-refractivity contribution in [3.05, 3.63) is 60.2 Å². The first-order valence-corrected chi connectivity index (χ1v) is 10.5. The van der Waals surface area contributed by atoms with E-state index in [-0.39, 0.29) is 35.1 Å². The van der Waals surface area contributed by atoms with Gasteiger partial charge in [-0.1, -0.05) is 0 Å². The molecule has 0 spiro atoms. The maximum Gasteiger partial charge on any atom is 0.407 e. The van der Waals surface area contributed by atoms with Gasteiger partial charge in [0.05, 0.1) is 19.0 Å². The maximum absolute atomic E-state index is 13.4. The highest BCUT2D eigenvalue weighted by Gasteiger charge is 2.24. The van der Waals surface area contributed by atoms with Gasteiger partial charge in [0.15, 0.2) is 0 Å². The number of carbonyl (C=O) groups is 1. The Bertz CT molecular complexity index is 1250. The molecule has 3 rings (SSSR count). The fourth-order valence-electron chi connectivity index (χ4n) is 2.88. The molecule has 0 saturated carbocycles. The molecular formula is C20H19N5O5S. The van der Waals surface area contributed by atoms with Crippen LogP contribution in [0.2, 0.25) is 0 Å². The largest absolute Gasteiger partial charge is 0.481 e. The zero-order chi connectivity index (χ0) is 22.6. The van der Waals surface area contributed by atoms with Crippen LogP contribution in [0.25, 0.3) is 11.3 Å². The van der Waals surface area contributed by atoms with Crippen molar-refractivity contribution in [1.29, 1.82) is 5.26 Å². The van der Waals surface area contributed by atoms with Crippen LogP contribution in [-0.4, -0.2) is 59.2 Å². The number of hydrogen-bond acceptors (Lipinski definition) is 7. The van der Waals surface area contributed by atoms with Gasteiger partial charge >= 0.3 is 6.09 Å². The van der Waals surface area contributed by atoms with Gasteiger partial charge in [0, 0.05) is 37.6 Å². The van der Waals surface area contributed by atoms with E-state index >= 15 is 0 Å². The minimum atomic E-state index is -4.07. The molecule has 3 heterocycles. The molecule has 11 heteroatoms. The van der Waals surface area contributed by atoms with Gasteiger partial charge in [0.1, 0.15) is 16.7 Å². The minimum absolute atomic E-state index is 0.0678. The van der Waals surface area contributed by atoms with Crippen molar-refractivity contribution in [3.8, 4) is 23.2 Å². The average Bonchev–Trinajstić information content (AvgIpc) is 3.22. The summed E-state index contributed by atoms with van der Waals surface area (Å²) in [4.78, 5) is 20.1. The Morgan fingerprint density at radius 2 is 2.10 bits per heavy atom. The number of aromatic nitrogens is 3. The Labute approximate surface area is 179 Å². The maximum atomic E-state index is 13.4. The van der Waals surface area contributed by atoms with Crippen LogP contribution in [0, 0.1) is 11.3 Å². The SMILES string of the molecule is COc1ccc(S(=O)(=O)n2cc(CCN(C)C(=O)O)cc2-c2cccnc2C#N)cn1. The molecule has 0 unspecified atom stereocenters. The van der Waals surface area contributed by atoms with Crippen molar-refractivity contribution >= 4 is 16.1 Å². The van der Waals surface area contributed by atoms with Gasteiger partial charge in [-0.3, -0.25) is 0 Å². The molecule has 0 aliphatic carbocycles. The number of pyridine rings is 2. The third-order valence-corrected chi connectivity index (χ3v) is 6.23. The summed E-state index contributed by atoms with van der Waals surface area (Å²) >= 11 is 0. The summed E-state index contributed by atoms with van der Waals surface area (Å²) < 4.78 is 32.8. The Morgan fingerprint density at radius 3 is 2.71 bits per heavy atom. The standard InChI is InChI=1S/C20H19N5O5S/c1-24(20(26)27)9-7-14-10-18(16-4-3-8-22-17(16)11-21)25(13-14)31(28,29)15-5-6-19(30-2)23-12-15/h3-6,8,10,12-13H,7,9H2,1-2H3,(H,26,27). The van der Waals surface area contributed by atoms with Crippen LogP contribution in [0.5, 0.6) is 5.88 Å². The summed E-state index contributed by atoms with van der Waals surface area (Å²) in [5.74, 6) is 0.267. The van der Waals surface area contributed by atoms with Crippen LogP contribution in [0.3, 0.4) is 0 Å². The number of nitriles is 1. The molecule has 31 heavy (non-hydrogen) atoms. The monoisotopic (exact) mass is 441 g/mol. The highest BCUT2D eigenvalue weighted by molar-refractivity contribution is 7.90. The van der Waals surface area contributed by atoms with Crippen molar-refractivity contribution in [1.82, 2.24) is 18.8 Å². The topological polar surface area (TPSA) is 138 Å². The van der Waals surface area contributed by atoms with E-state index in [0.717, 1.165) is 8.87 Å². The van der Waals surface area contributed by atoms with Crippen LogP contribution >= 0.6 is 0 Å². The van der Waals surface area contributed by atoms with Crippen LogP contribution < -0.4 is 4.74 Å². The first-order chi connectivity index (χ1) is 14.8. The molecule has 3 aromatic heterocycles. The van der Waals surface area contributed by atoms with Gasteiger partial charge in [0.25, 0.3) is 10.0 Å². The highest BCUT2D eigenvalue weighted by Crippen LogP contribution is 2.29. The molecule has 10 nitrogen and oxygen atoms in total. The summed E-state index contributed by atoms with van der Waals surface area (Å²) in [6.45, 7) is 0.168. The van der Waals surface area contributed by atoms with Crippen molar-refractivity contribution in [2.75, 3.05) is 20.7 Å². The van der Waals surface area contributed by atoms with E-state index in [4.69, 9.17) is 9.84 Å². The van der Waals surface area contributed by atoms with E-state index in [1.807, 2.05) is 6.07 Å². The highest BCUT2D eigenvalue weighted by atomic mass is 32.2. The number of rotatable bonds is 7. The first kappa shape index (κ1) is 21.8. The lowest BCUT2D eigenvalue weighted by molar-refractivity contribution is 0.156. The zero-order valence-electron chi connectivity index (χ0n) is 16.8. The molecule has 0 radical (unpaired) electrons. The van der Waals surface area contributed by atoms with Crippen molar-refractivity contribution in [2.45, 2.75) is 11.3 Å². The molecule has 0 saturated heterocycles. The molecular weight excluding hydrogens is 422 g/mol. The second kappa shape index (κ2) is 8.85. The van der Waals surface area contributed by atoms with E-state index in [1.165, 1.54) is 44.9 Å². The molecule has 1 amide bonds. The van der Waals surface area contributed by atoms with E-state index in [1.54, 1.807) is 18.2 Å². The van der Waals surface area contributed by atoms with Gasteiger partial charge in [0.2, 0.25) is 5.88 Å². The number of likely N-dealkylation sites (N-methyl/N-ethyl adjacent to an activating group) is 1. The van der Waals surface area contributed by atoms with Crippen LogP contribution in [0.4, 0.5) is 4.79 Å². The Kier molecular flexibility index (Phi) is 6.22. The van der Waals surface area contributed by atoms with Gasteiger partial charge in [-0.15, -0.1) is 0 Å². The third-order valence-electron chi connectivity index (χ3n) is 4.57. The van der Waals surface area contributed by atoms with Crippen LogP contribution in [0.1, 0.15) is 11.3 Å². The number of ether oxygens (including phenoxy) is 1. The fraction of sp³-hybridized carbons (Fsp3) is 0.200. The van der Waals surface area contributed by atoms with Gasteiger partial charge in [-0.2, -0.15) is 5.26 Å². The van der Waals surface area contributed by atoms with Gasteiger partial charge in [-0.05, 0) is 36.2 Å². The smallest absolute Gasteiger partial charge is 0.407 e. The molecule has 0 aliphatic rings. The lowest BCUT2D eigenvalue weighted by Crippen LogP contribution is -2.26. The lowest BCUT2D eigenvalue weighted by atomic mass is 10.1. The normalized spacial score (nSPS) is 11.0. The molecule has 3 aromatic rings. The van der Waals surface area contributed by atoms with Crippen LogP contribution in [-0.2, 0) is 16.4 Å². The summed E-state index contributed by atoms with van der Waals surface area (Å²) in [6.07, 6.45) is 3.24. The Morgan fingerprint density at radius 1 is 1.32 bits per heavy atom. The van der Waals surface area contributed by atoms with E-state index in [0.29, 0.717) is 11.1 Å². The molecule has 0 atom stereocenters. The molecule has 160 valence electrons. The second-order valence-corrected chi connectivity index (χ2v) is 8.35. The van der Waals surface area contributed by atoms with E-state index in [9.17, 15) is 18.5 Å². The predicted molar refractivity (Wildman–Crippen MR) is 110 cm³/mol. The number of methoxy groups -OCH3 is 1. The summed E-state index contributed by atoms with van der Waals surface area (Å²) in [6, 6.07) is 9.60. The van der Waals surface area contributed by atoms with Crippen molar-refractivity contribution < 1.29 is 23.1 Å². The quantitative estimate of drug-likeness (QED) is 0.589. The average molecular weight is 441 g/mol. The van der Waals surface area contributed by atoms with E-state index in [2.05, 4.69) is 9.97 Å². The van der Waals surface area contributed by atoms with Gasteiger partial charge < -0.3 is 14.7 Å². The number of amides is 1. The predicted octanol–water partition coefficient (Wildman–Crippen LogP) is 2.21. The summed E-state index contributed by atoms with van der Waals surface area (Å²) in [7, 11) is -1.22. The first-order valence-electron chi connectivity index (χ1n) is 9.04. The van der Waals surface area contributed by atoms with E-state index < -0.39 is 16.1 Å². The summed E-state index contributed by atoms with van der Waals surface area (Å²) in [5.41, 5.74) is 1.24. The Balaban J connectivity index is 2.12. The minimum Gasteiger partial charge on any atom is -0.481 e. The zero-order valence-corrected chi connectivity index (χ0v) is 17.6. The fourth-order valence-corrected chi connectivity index (χ4v) is 4.21. The molecule has 0 aromatic carbocycles. The number of nitrogens with zero attached hydrogens (tertiary/aromatic N) is 5.